The number of carbonyl (C=O) groups is 1. The largest absolute Gasteiger partial charge is 0.459 e. The molecule has 1 saturated heterocycles. The quantitative estimate of drug-likeness (QED) is 0.573. The Kier molecular flexibility index (Phi) is 4.57. The minimum Gasteiger partial charge on any atom is -0.459 e. The number of benzene rings is 1. The first-order chi connectivity index (χ1) is 15.9. The molecular formula is C24H25F2N5O2. The van der Waals surface area contributed by atoms with Crippen LogP contribution < -0.4 is 15.5 Å². The molecule has 3 heterocycles. The summed E-state index contributed by atoms with van der Waals surface area (Å²) in [5.74, 6) is 1.08. The lowest BCUT2D eigenvalue weighted by Crippen LogP contribution is -2.49. The topological polar surface area (TPSA) is 83.3 Å². The van der Waals surface area contributed by atoms with Crippen LogP contribution in [-0.4, -0.2) is 40.9 Å². The second kappa shape index (κ2) is 7.40. The number of carbonyl (C=O) groups excluding carboxylic acids is 1. The van der Waals surface area contributed by atoms with E-state index >= 15 is 4.39 Å². The number of amides is 2. The van der Waals surface area contributed by atoms with Gasteiger partial charge in [-0.2, -0.15) is 0 Å². The van der Waals surface area contributed by atoms with Crippen LogP contribution in [0.4, 0.5) is 25.2 Å². The molecule has 1 aromatic carbocycles. The number of urea groups is 1. The minimum atomic E-state index is -1.15. The van der Waals surface area contributed by atoms with Gasteiger partial charge in [0.15, 0.2) is 0 Å². The van der Waals surface area contributed by atoms with E-state index in [-0.39, 0.29) is 18.5 Å². The van der Waals surface area contributed by atoms with E-state index < -0.39 is 23.9 Å². The predicted molar refractivity (Wildman–Crippen MR) is 120 cm³/mol. The second-order valence-electron chi connectivity index (χ2n) is 9.68. The number of aromatic nitrogens is 2. The van der Waals surface area contributed by atoms with Crippen molar-refractivity contribution < 1.29 is 18.0 Å². The SMILES string of the molecule is O=C(Nc1cnc(N2CC(F)C2)nc1)N[C@H](c1cc2ccccc2o1)C12CCC(F)(CC1)C2. The first-order valence-electron chi connectivity index (χ1n) is 11.4. The Morgan fingerprint density at radius 1 is 1.15 bits per heavy atom. The Labute approximate surface area is 189 Å². The third-order valence-corrected chi connectivity index (χ3v) is 7.44. The van der Waals surface area contributed by atoms with Crippen LogP contribution in [0.3, 0.4) is 0 Å². The first kappa shape index (κ1) is 20.4. The van der Waals surface area contributed by atoms with Crippen LogP contribution in [0.25, 0.3) is 11.0 Å². The second-order valence-corrected chi connectivity index (χ2v) is 9.68. The number of nitrogens with one attached hydrogen (secondary N) is 2. The molecule has 33 heavy (non-hydrogen) atoms. The lowest BCUT2D eigenvalue weighted by Gasteiger charge is -2.35. The molecule has 2 aliphatic carbocycles. The van der Waals surface area contributed by atoms with Crippen LogP contribution in [0.2, 0.25) is 0 Å². The Bertz CT molecular complexity index is 1150. The van der Waals surface area contributed by atoms with E-state index in [1.54, 1.807) is 4.90 Å². The van der Waals surface area contributed by atoms with E-state index in [4.69, 9.17) is 4.42 Å². The monoisotopic (exact) mass is 453 g/mol. The standard InChI is InChI=1S/C24H25F2N5O2/c25-16-12-31(13-16)21-27-10-17(11-28-21)29-22(32)30-20(23-5-7-24(26,14-23)8-6-23)19-9-15-3-1-2-4-18(15)33-19/h1-4,9-11,16,20H,5-8,12-14H2,(H2,29,30,32)/t20-,23?,24?/m1/s1. The molecule has 172 valence electrons. The molecule has 3 fully saturated rings. The summed E-state index contributed by atoms with van der Waals surface area (Å²) in [6, 6.07) is 8.74. The fraction of sp³-hybridized carbons (Fsp3) is 0.458. The summed E-state index contributed by atoms with van der Waals surface area (Å²) in [6.07, 6.45) is 5.01. The number of hydrogen-bond donors (Lipinski definition) is 2. The lowest BCUT2D eigenvalue weighted by molar-refractivity contribution is 0.171. The number of para-hydroxylation sites is 1. The fourth-order valence-electron chi connectivity index (χ4n) is 5.68. The van der Waals surface area contributed by atoms with Crippen molar-refractivity contribution in [1.29, 1.82) is 0 Å². The fourth-order valence-corrected chi connectivity index (χ4v) is 5.68. The molecule has 6 rings (SSSR count). The average molecular weight is 453 g/mol. The lowest BCUT2D eigenvalue weighted by atomic mass is 9.76. The molecule has 2 bridgehead atoms. The minimum absolute atomic E-state index is 0.282. The van der Waals surface area contributed by atoms with Crippen molar-refractivity contribution in [2.75, 3.05) is 23.3 Å². The maximum atomic E-state index is 15.1. The van der Waals surface area contributed by atoms with Gasteiger partial charge in [0.1, 0.15) is 23.2 Å². The molecule has 0 radical (unpaired) electrons. The molecule has 2 amide bonds. The zero-order chi connectivity index (χ0) is 22.6. The van der Waals surface area contributed by atoms with Crippen molar-refractivity contribution >= 4 is 28.6 Å². The summed E-state index contributed by atoms with van der Waals surface area (Å²) < 4.78 is 34.2. The van der Waals surface area contributed by atoms with Crippen LogP contribution >= 0.6 is 0 Å². The van der Waals surface area contributed by atoms with Gasteiger partial charge >= 0.3 is 6.03 Å². The molecule has 3 aromatic rings. The molecule has 7 nitrogen and oxygen atoms in total. The van der Waals surface area contributed by atoms with Gasteiger partial charge in [-0.15, -0.1) is 0 Å². The smallest absolute Gasteiger partial charge is 0.319 e. The molecule has 0 unspecified atom stereocenters. The highest BCUT2D eigenvalue weighted by Crippen LogP contribution is 2.63. The maximum Gasteiger partial charge on any atom is 0.319 e. The molecule has 0 spiro atoms. The van der Waals surface area contributed by atoms with Crippen molar-refractivity contribution in [3.05, 3.63) is 48.5 Å². The van der Waals surface area contributed by atoms with Crippen molar-refractivity contribution in [2.24, 2.45) is 5.41 Å². The van der Waals surface area contributed by atoms with E-state index in [9.17, 15) is 9.18 Å². The van der Waals surface area contributed by atoms with Gasteiger partial charge in [0.25, 0.3) is 0 Å². The Morgan fingerprint density at radius 3 is 2.52 bits per heavy atom. The van der Waals surface area contributed by atoms with Gasteiger partial charge in [0.05, 0.1) is 37.2 Å². The molecule has 2 aromatic heterocycles. The number of halogens is 2. The maximum absolute atomic E-state index is 15.1. The molecule has 9 heteroatoms. The van der Waals surface area contributed by atoms with Gasteiger partial charge in [0, 0.05) is 10.8 Å². The number of furan rings is 1. The van der Waals surface area contributed by atoms with Crippen molar-refractivity contribution in [3.8, 4) is 0 Å². The zero-order valence-corrected chi connectivity index (χ0v) is 18.1. The number of rotatable bonds is 5. The zero-order valence-electron chi connectivity index (χ0n) is 18.1. The third-order valence-electron chi connectivity index (χ3n) is 7.44. The first-order valence-corrected chi connectivity index (χ1v) is 11.4. The van der Waals surface area contributed by atoms with Gasteiger partial charge < -0.3 is 20.0 Å². The van der Waals surface area contributed by atoms with Gasteiger partial charge in [0.2, 0.25) is 5.95 Å². The summed E-state index contributed by atoms with van der Waals surface area (Å²) in [4.78, 5) is 23.1. The normalized spacial score (nSPS) is 27.5. The summed E-state index contributed by atoms with van der Waals surface area (Å²) in [5, 5.41) is 6.78. The van der Waals surface area contributed by atoms with Crippen molar-refractivity contribution in [2.45, 2.75) is 50.0 Å². The van der Waals surface area contributed by atoms with Crippen molar-refractivity contribution in [3.63, 3.8) is 0 Å². The summed E-state index contributed by atoms with van der Waals surface area (Å²) in [7, 11) is 0. The van der Waals surface area contributed by atoms with Crippen LogP contribution in [0.1, 0.15) is 43.9 Å². The average Bonchev–Trinajstić information content (AvgIpc) is 3.46. The highest BCUT2D eigenvalue weighted by Gasteiger charge is 2.59. The van der Waals surface area contributed by atoms with Crippen LogP contribution in [0.5, 0.6) is 0 Å². The molecule has 1 atom stereocenters. The molecule has 1 aliphatic heterocycles. The van der Waals surface area contributed by atoms with Gasteiger partial charge in [-0.25, -0.2) is 23.5 Å². The van der Waals surface area contributed by atoms with E-state index in [2.05, 4.69) is 20.6 Å². The van der Waals surface area contributed by atoms with Gasteiger partial charge in [-0.1, -0.05) is 18.2 Å². The van der Waals surface area contributed by atoms with Gasteiger partial charge in [-0.3, -0.25) is 0 Å². The summed E-state index contributed by atoms with van der Waals surface area (Å²) in [5.41, 5.74) is -0.362. The van der Waals surface area contributed by atoms with Crippen LogP contribution in [0, 0.1) is 5.41 Å². The van der Waals surface area contributed by atoms with E-state index in [0.29, 0.717) is 49.5 Å². The Balaban J connectivity index is 1.22. The number of alkyl halides is 2. The number of fused-ring (bicyclic) bond motifs is 3. The van der Waals surface area contributed by atoms with E-state index in [1.165, 1.54) is 12.4 Å². The highest BCUT2D eigenvalue weighted by atomic mass is 19.1. The number of anilines is 2. The van der Waals surface area contributed by atoms with E-state index in [1.807, 2.05) is 30.3 Å². The Hall–Kier alpha value is -3.23. The van der Waals surface area contributed by atoms with Crippen molar-refractivity contribution in [1.82, 2.24) is 15.3 Å². The molecule has 3 aliphatic rings. The Morgan fingerprint density at radius 2 is 1.88 bits per heavy atom. The highest BCUT2D eigenvalue weighted by molar-refractivity contribution is 5.89. The van der Waals surface area contributed by atoms with Crippen LogP contribution in [0.15, 0.2) is 47.1 Å². The summed E-state index contributed by atoms with van der Waals surface area (Å²) in [6.45, 7) is 0.565. The number of nitrogens with zero attached hydrogens (tertiary/aromatic N) is 3. The molecule has 2 saturated carbocycles. The van der Waals surface area contributed by atoms with Gasteiger partial charge in [-0.05, 0) is 44.2 Å². The predicted octanol–water partition coefficient (Wildman–Crippen LogP) is 4.92. The van der Waals surface area contributed by atoms with E-state index in [0.717, 1.165) is 11.0 Å². The third kappa shape index (κ3) is 3.59. The van der Waals surface area contributed by atoms with Crippen LogP contribution in [-0.2, 0) is 0 Å². The molecular weight excluding hydrogens is 428 g/mol. The number of hydrogen-bond acceptors (Lipinski definition) is 5. The summed E-state index contributed by atoms with van der Waals surface area (Å²) >= 11 is 0. The molecule has 2 N–H and O–H groups in total.